The van der Waals surface area contributed by atoms with Crippen molar-refractivity contribution >= 4 is 18.3 Å². The number of nitrogens with one attached hydrogen (secondary N) is 1. The van der Waals surface area contributed by atoms with E-state index in [1.807, 2.05) is 0 Å². The van der Waals surface area contributed by atoms with Crippen LogP contribution in [0.4, 0.5) is 0 Å². The first-order chi connectivity index (χ1) is 7.90. The standard InChI is InChI=1S/C13H26N2O2.ClH/c1-12(2,3)4-7-15-11(16)13(10-14)5-8-17-9-6-13;/h4-10,14H2,1-3H3,(H,15,16);1H. The van der Waals surface area contributed by atoms with E-state index >= 15 is 0 Å². The number of carbonyl (C=O) groups is 1. The Morgan fingerprint density at radius 1 is 1.33 bits per heavy atom. The Labute approximate surface area is 116 Å². The highest BCUT2D eigenvalue weighted by molar-refractivity contribution is 5.85. The van der Waals surface area contributed by atoms with Gasteiger partial charge in [-0.05, 0) is 24.7 Å². The van der Waals surface area contributed by atoms with Gasteiger partial charge in [0, 0.05) is 26.3 Å². The molecule has 0 bridgehead atoms. The predicted molar refractivity (Wildman–Crippen MR) is 75.9 cm³/mol. The maximum atomic E-state index is 12.2. The van der Waals surface area contributed by atoms with Gasteiger partial charge in [-0.3, -0.25) is 4.79 Å². The fourth-order valence-electron chi connectivity index (χ4n) is 2.02. The summed E-state index contributed by atoms with van der Waals surface area (Å²) < 4.78 is 5.30. The Balaban J connectivity index is 0.00000289. The Hall–Kier alpha value is -0.320. The molecule has 0 atom stereocenters. The molecule has 1 aliphatic heterocycles. The van der Waals surface area contributed by atoms with Crippen molar-refractivity contribution in [2.75, 3.05) is 26.3 Å². The van der Waals surface area contributed by atoms with E-state index in [-0.39, 0.29) is 23.7 Å². The van der Waals surface area contributed by atoms with Gasteiger partial charge in [0.1, 0.15) is 0 Å². The molecule has 1 amide bonds. The van der Waals surface area contributed by atoms with Gasteiger partial charge in [0.25, 0.3) is 0 Å². The molecule has 0 aromatic heterocycles. The van der Waals surface area contributed by atoms with Crippen LogP contribution in [0.3, 0.4) is 0 Å². The average Bonchev–Trinajstić information content (AvgIpc) is 2.28. The smallest absolute Gasteiger partial charge is 0.227 e. The zero-order valence-electron chi connectivity index (χ0n) is 11.8. The highest BCUT2D eigenvalue weighted by atomic mass is 35.5. The van der Waals surface area contributed by atoms with E-state index in [1.165, 1.54) is 0 Å². The van der Waals surface area contributed by atoms with Crippen molar-refractivity contribution < 1.29 is 9.53 Å². The Kier molecular flexibility index (Phi) is 7.18. The Morgan fingerprint density at radius 3 is 2.33 bits per heavy atom. The van der Waals surface area contributed by atoms with Crippen molar-refractivity contribution in [3.8, 4) is 0 Å². The zero-order valence-corrected chi connectivity index (χ0v) is 12.6. The van der Waals surface area contributed by atoms with E-state index in [9.17, 15) is 4.79 Å². The molecule has 0 aromatic rings. The molecule has 5 heteroatoms. The molecule has 1 rings (SSSR count). The third-order valence-corrected chi connectivity index (χ3v) is 3.48. The van der Waals surface area contributed by atoms with Crippen LogP contribution in [-0.4, -0.2) is 32.2 Å². The second kappa shape index (κ2) is 7.31. The normalized spacial score (nSPS) is 18.9. The summed E-state index contributed by atoms with van der Waals surface area (Å²) in [5.41, 5.74) is 5.64. The topological polar surface area (TPSA) is 64.4 Å². The van der Waals surface area contributed by atoms with E-state index in [2.05, 4.69) is 26.1 Å². The van der Waals surface area contributed by atoms with Crippen molar-refractivity contribution in [2.45, 2.75) is 40.0 Å². The van der Waals surface area contributed by atoms with Crippen LogP contribution in [-0.2, 0) is 9.53 Å². The first kappa shape index (κ1) is 17.7. The predicted octanol–water partition coefficient (Wildman–Crippen LogP) is 1.72. The molecule has 0 spiro atoms. The molecule has 0 saturated carbocycles. The van der Waals surface area contributed by atoms with Gasteiger partial charge in [-0.2, -0.15) is 0 Å². The van der Waals surface area contributed by atoms with Gasteiger partial charge in [-0.15, -0.1) is 12.4 Å². The first-order valence-electron chi connectivity index (χ1n) is 6.46. The van der Waals surface area contributed by atoms with Gasteiger partial charge in [0.2, 0.25) is 5.91 Å². The first-order valence-corrected chi connectivity index (χ1v) is 6.46. The SMILES string of the molecule is CC(C)(C)CCNC(=O)C1(CN)CCOCC1.Cl. The van der Waals surface area contributed by atoms with Gasteiger partial charge < -0.3 is 15.8 Å². The second-order valence-corrected chi connectivity index (χ2v) is 6.16. The van der Waals surface area contributed by atoms with Crippen molar-refractivity contribution in [3.63, 3.8) is 0 Å². The minimum absolute atomic E-state index is 0. The van der Waals surface area contributed by atoms with E-state index in [4.69, 9.17) is 10.5 Å². The molecular formula is C13H27ClN2O2. The van der Waals surface area contributed by atoms with Crippen LogP contribution in [0.1, 0.15) is 40.0 Å². The third kappa shape index (κ3) is 5.12. The lowest BCUT2D eigenvalue weighted by atomic mass is 9.79. The monoisotopic (exact) mass is 278 g/mol. The largest absolute Gasteiger partial charge is 0.381 e. The summed E-state index contributed by atoms with van der Waals surface area (Å²) in [5.74, 6) is 0.104. The van der Waals surface area contributed by atoms with Crippen LogP contribution >= 0.6 is 12.4 Å². The van der Waals surface area contributed by atoms with Gasteiger partial charge >= 0.3 is 0 Å². The number of hydrogen-bond donors (Lipinski definition) is 2. The van der Waals surface area contributed by atoms with Gasteiger partial charge in [-0.25, -0.2) is 0 Å². The van der Waals surface area contributed by atoms with Crippen molar-refractivity contribution in [2.24, 2.45) is 16.6 Å². The molecule has 108 valence electrons. The number of amides is 1. The fraction of sp³-hybridized carbons (Fsp3) is 0.923. The molecule has 0 aliphatic carbocycles. The van der Waals surface area contributed by atoms with Gasteiger partial charge in [0.05, 0.1) is 5.41 Å². The van der Waals surface area contributed by atoms with E-state index in [0.29, 0.717) is 19.8 Å². The molecule has 1 aliphatic rings. The third-order valence-electron chi connectivity index (χ3n) is 3.48. The van der Waals surface area contributed by atoms with Crippen LogP contribution in [0.15, 0.2) is 0 Å². The molecular weight excluding hydrogens is 252 g/mol. The zero-order chi connectivity index (χ0) is 12.9. The minimum atomic E-state index is -0.393. The summed E-state index contributed by atoms with van der Waals surface area (Å²) in [6.07, 6.45) is 2.46. The molecule has 1 heterocycles. The summed E-state index contributed by atoms with van der Waals surface area (Å²) in [4.78, 5) is 12.2. The van der Waals surface area contributed by atoms with Crippen molar-refractivity contribution in [3.05, 3.63) is 0 Å². The number of ether oxygens (including phenoxy) is 1. The summed E-state index contributed by atoms with van der Waals surface area (Å²) >= 11 is 0. The summed E-state index contributed by atoms with van der Waals surface area (Å²) in [6.45, 7) is 8.95. The molecule has 18 heavy (non-hydrogen) atoms. The quantitative estimate of drug-likeness (QED) is 0.823. The highest BCUT2D eigenvalue weighted by Crippen LogP contribution is 2.29. The average molecular weight is 279 g/mol. The van der Waals surface area contributed by atoms with Crippen LogP contribution in [0.2, 0.25) is 0 Å². The summed E-state index contributed by atoms with van der Waals surface area (Å²) in [6, 6.07) is 0. The molecule has 0 aromatic carbocycles. The number of carbonyl (C=O) groups excluding carboxylic acids is 1. The Morgan fingerprint density at radius 2 is 1.89 bits per heavy atom. The molecule has 1 fully saturated rings. The number of hydrogen-bond acceptors (Lipinski definition) is 3. The van der Waals surface area contributed by atoms with Crippen LogP contribution in [0.25, 0.3) is 0 Å². The number of nitrogens with two attached hydrogens (primary N) is 1. The Bertz CT molecular complexity index is 258. The number of halogens is 1. The highest BCUT2D eigenvalue weighted by Gasteiger charge is 2.38. The van der Waals surface area contributed by atoms with E-state index in [0.717, 1.165) is 25.8 Å². The van der Waals surface area contributed by atoms with E-state index in [1.54, 1.807) is 0 Å². The molecule has 1 saturated heterocycles. The van der Waals surface area contributed by atoms with E-state index < -0.39 is 5.41 Å². The van der Waals surface area contributed by atoms with Crippen LogP contribution in [0, 0.1) is 10.8 Å². The lowest BCUT2D eigenvalue weighted by Crippen LogP contribution is -2.49. The summed E-state index contributed by atoms with van der Waals surface area (Å²) in [5, 5.41) is 3.03. The van der Waals surface area contributed by atoms with Crippen molar-refractivity contribution in [1.82, 2.24) is 5.32 Å². The van der Waals surface area contributed by atoms with Crippen molar-refractivity contribution in [1.29, 1.82) is 0 Å². The van der Waals surface area contributed by atoms with Gasteiger partial charge in [-0.1, -0.05) is 20.8 Å². The summed E-state index contributed by atoms with van der Waals surface area (Å²) in [7, 11) is 0. The molecule has 4 nitrogen and oxygen atoms in total. The lowest BCUT2D eigenvalue weighted by molar-refractivity contribution is -0.135. The minimum Gasteiger partial charge on any atom is -0.381 e. The molecule has 0 unspecified atom stereocenters. The molecule has 0 radical (unpaired) electrons. The fourth-order valence-corrected chi connectivity index (χ4v) is 2.02. The molecule has 3 N–H and O–H groups in total. The lowest BCUT2D eigenvalue weighted by Gasteiger charge is -2.34. The maximum Gasteiger partial charge on any atom is 0.227 e. The van der Waals surface area contributed by atoms with Crippen LogP contribution in [0.5, 0.6) is 0 Å². The van der Waals surface area contributed by atoms with Crippen LogP contribution < -0.4 is 11.1 Å². The van der Waals surface area contributed by atoms with Gasteiger partial charge in [0.15, 0.2) is 0 Å². The second-order valence-electron chi connectivity index (χ2n) is 6.16. The maximum absolute atomic E-state index is 12.2. The number of rotatable bonds is 4.